The van der Waals surface area contributed by atoms with E-state index in [2.05, 4.69) is 14.9 Å². The van der Waals surface area contributed by atoms with Gasteiger partial charge >= 0.3 is 12.2 Å². The lowest BCUT2D eigenvalue weighted by molar-refractivity contribution is -0.137. The van der Waals surface area contributed by atoms with Crippen molar-refractivity contribution in [2.45, 2.75) is 55.0 Å². The molecule has 4 unspecified atom stereocenters. The maximum atomic E-state index is 16.3. The molecule has 2 aromatic carbocycles. The van der Waals surface area contributed by atoms with E-state index in [0.29, 0.717) is 56.5 Å². The lowest BCUT2D eigenvalue weighted by Gasteiger charge is -2.29. The average molecular weight is 682 g/mol. The molecule has 4 aliphatic heterocycles. The number of nitrogen functional groups attached to an aromatic ring is 1. The molecule has 17 heteroatoms. The average Bonchev–Trinajstić information content (AvgIpc) is 3.83. The number of nitrogens with zero attached hydrogens (tertiary/aromatic N) is 5. The molecule has 4 aliphatic rings. The van der Waals surface area contributed by atoms with Gasteiger partial charge in [-0.05, 0) is 43.5 Å². The van der Waals surface area contributed by atoms with E-state index in [1.165, 1.54) is 7.11 Å². The lowest BCUT2D eigenvalue weighted by Crippen LogP contribution is -2.37. The minimum absolute atomic E-state index is 0.0869. The Kier molecular flexibility index (Phi) is 7.99. The number of nitrogens with two attached hydrogens (primary N) is 1. The van der Waals surface area contributed by atoms with Crippen molar-refractivity contribution < 1.29 is 35.8 Å². The first-order valence-corrected chi connectivity index (χ1v) is 15.9. The Labute approximate surface area is 277 Å². The van der Waals surface area contributed by atoms with Gasteiger partial charge < -0.3 is 20.1 Å². The number of hydrogen-bond acceptors (Lipinski definition) is 9. The Morgan fingerprint density at radius 3 is 2.56 bits per heavy atom. The Hall–Kier alpha value is -3.74. The summed E-state index contributed by atoms with van der Waals surface area (Å²) in [5.74, 6) is -1.98. The van der Waals surface area contributed by atoms with Crippen LogP contribution >= 0.6 is 11.3 Å². The predicted octanol–water partition coefficient (Wildman–Crippen LogP) is 5.50. The number of halogens is 6. The zero-order valence-corrected chi connectivity index (χ0v) is 26.3. The zero-order valence-electron chi connectivity index (χ0n) is 25.5. The smallest absolute Gasteiger partial charge is 0.417 e. The Balaban J connectivity index is 0.000000280. The third kappa shape index (κ3) is 5.51. The number of nitriles is 1. The highest BCUT2D eigenvalue weighted by atomic mass is 32.1. The standard InChI is InChI=1S/C24H16F5N5O2S.C7H10B2FN/c1-35-23-32-19-12(22(33-23)34-7-10-4-9(34)8-36-10)5-14(24(27,28)29)17(18(19)26)11-2-3-15(25)20-16(11)13(6-30)21(31)37-20;8-7(9)2-6-1-5(10)3-11(6)4-7/h2-3,5,9-10H,4,7-8,31H2,1H3;5-6H,1-4H2. The largest absolute Gasteiger partial charge is 0.467 e. The SMILES string of the molecule is COc1nc(N2CC3CC2CO3)c2cc(C(F)(F)F)c(-c3ccc(F)c4sc(N)c(C#N)c34)c(F)c2n1.[B]C1([B])CC2CC(F)CN2C1. The van der Waals surface area contributed by atoms with Crippen LogP contribution in [0.3, 0.4) is 0 Å². The van der Waals surface area contributed by atoms with Crippen LogP contribution in [-0.2, 0) is 10.9 Å². The van der Waals surface area contributed by atoms with Crippen molar-refractivity contribution in [1.29, 1.82) is 5.26 Å². The molecule has 0 spiro atoms. The molecule has 2 bridgehead atoms. The number of aromatic nitrogens is 2. The second-order valence-electron chi connectivity index (χ2n) is 12.6. The number of fused-ring (bicyclic) bond motifs is 5. The molecule has 4 fully saturated rings. The van der Waals surface area contributed by atoms with Gasteiger partial charge in [0.1, 0.15) is 34.4 Å². The predicted molar refractivity (Wildman–Crippen MR) is 170 cm³/mol. The van der Waals surface area contributed by atoms with Gasteiger partial charge in [-0.15, -0.1) is 11.3 Å². The van der Waals surface area contributed by atoms with Crippen LogP contribution in [0, 0.1) is 23.0 Å². The zero-order chi connectivity index (χ0) is 34.3. The van der Waals surface area contributed by atoms with E-state index >= 15 is 4.39 Å². The van der Waals surface area contributed by atoms with Crippen LogP contribution in [0.5, 0.6) is 6.01 Å². The molecule has 0 saturated carbocycles. The van der Waals surface area contributed by atoms with E-state index in [0.717, 1.165) is 24.6 Å². The van der Waals surface area contributed by atoms with Gasteiger partial charge in [-0.2, -0.15) is 28.4 Å². The van der Waals surface area contributed by atoms with Crippen molar-refractivity contribution >= 4 is 58.8 Å². The molecule has 2 N–H and O–H groups in total. The van der Waals surface area contributed by atoms with Gasteiger partial charge in [0.2, 0.25) is 0 Å². The highest BCUT2D eigenvalue weighted by molar-refractivity contribution is 7.23. The van der Waals surface area contributed by atoms with Crippen molar-refractivity contribution in [2.24, 2.45) is 0 Å². The fourth-order valence-corrected chi connectivity index (χ4v) is 8.31. The van der Waals surface area contributed by atoms with E-state index in [-0.39, 0.29) is 55.6 Å². The summed E-state index contributed by atoms with van der Waals surface area (Å²) < 4.78 is 97.7. The first kappa shape index (κ1) is 32.8. The summed E-state index contributed by atoms with van der Waals surface area (Å²) in [5, 5.41) is 8.61. The lowest BCUT2D eigenvalue weighted by atomic mass is 9.53. The van der Waals surface area contributed by atoms with Crippen molar-refractivity contribution in [2.75, 3.05) is 44.0 Å². The van der Waals surface area contributed by atoms with E-state index in [4.69, 9.17) is 30.9 Å². The van der Waals surface area contributed by atoms with Gasteiger partial charge in [0.05, 0.1) is 57.4 Å². The highest BCUT2D eigenvalue weighted by Gasteiger charge is 2.44. The Morgan fingerprint density at radius 2 is 1.94 bits per heavy atom. The number of anilines is 2. The van der Waals surface area contributed by atoms with E-state index in [1.807, 2.05) is 0 Å². The summed E-state index contributed by atoms with van der Waals surface area (Å²) in [7, 11) is 12.7. The molecule has 48 heavy (non-hydrogen) atoms. The number of thiophene rings is 1. The fourth-order valence-electron chi connectivity index (χ4n) is 7.37. The molecule has 8 rings (SSSR count). The number of benzene rings is 2. The summed E-state index contributed by atoms with van der Waals surface area (Å²) in [6.45, 7) is 1.93. The minimum atomic E-state index is -5.01. The van der Waals surface area contributed by atoms with Crippen LogP contribution in [0.15, 0.2) is 18.2 Å². The van der Waals surface area contributed by atoms with Gasteiger partial charge in [0.15, 0.2) is 5.82 Å². The molecule has 4 radical (unpaired) electrons. The van der Waals surface area contributed by atoms with E-state index in [9.17, 15) is 27.2 Å². The molecule has 4 aromatic rings. The van der Waals surface area contributed by atoms with Gasteiger partial charge in [-0.25, -0.2) is 13.2 Å². The molecule has 2 aromatic heterocycles. The third-order valence-corrected chi connectivity index (χ3v) is 10.4. The van der Waals surface area contributed by atoms with E-state index in [1.54, 1.807) is 11.0 Å². The summed E-state index contributed by atoms with van der Waals surface area (Å²) in [5.41, 5.74) is 2.74. The topological polar surface area (TPSA) is 101 Å². The first-order chi connectivity index (χ1) is 22.7. The van der Waals surface area contributed by atoms with Crippen LogP contribution in [0.1, 0.15) is 30.4 Å². The Morgan fingerprint density at radius 1 is 1.17 bits per heavy atom. The van der Waals surface area contributed by atoms with Crippen molar-refractivity contribution in [3.8, 4) is 23.2 Å². The molecule has 0 aliphatic carbocycles. The first-order valence-electron chi connectivity index (χ1n) is 15.1. The van der Waals surface area contributed by atoms with Crippen LogP contribution in [0.2, 0.25) is 5.21 Å². The van der Waals surface area contributed by atoms with Gasteiger partial charge in [0, 0.05) is 35.5 Å². The molecule has 8 nitrogen and oxygen atoms in total. The highest BCUT2D eigenvalue weighted by Crippen LogP contribution is 2.48. The maximum Gasteiger partial charge on any atom is 0.417 e. The fraction of sp³-hybridized carbons (Fsp3) is 0.452. The summed E-state index contributed by atoms with van der Waals surface area (Å²) >= 11 is 0.706. The number of ether oxygens (including phenoxy) is 2. The van der Waals surface area contributed by atoms with Crippen LogP contribution in [0.25, 0.3) is 32.1 Å². The van der Waals surface area contributed by atoms with Crippen molar-refractivity contribution in [3.63, 3.8) is 0 Å². The van der Waals surface area contributed by atoms with Gasteiger partial charge in [-0.3, -0.25) is 4.90 Å². The number of methoxy groups -OCH3 is 1. The summed E-state index contributed by atoms with van der Waals surface area (Å²) in [4.78, 5) is 12.2. The van der Waals surface area contributed by atoms with Gasteiger partial charge in [0.25, 0.3) is 0 Å². The second kappa shape index (κ2) is 11.7. The van der Waals surface area contributed by atoms with Crippen LogP contribution in [-0.4, -0.2) is 88.3 Å². The minimum Gasteiger partial charge on any atom is -0.467 e. The molecular formula is C31H26B2F6N6O2S. The maximum absolute atomic E-state index is 16.3. The number of hydrogen-bond donors (Lipinski definition) is 1. The Bertz CT molecular complexity index is 1970. The summed E-state index contributed by atoms with van der Waals surface area (Å²) in [6, 6.07) is 4.49. The number of rotatable bonds is 3. The molecule has 4 saturated heterocycles. The molecular weight excluding hydrogens is 656 g/mol. The van der Waals surface area contributed by atoms with E-state index < -0.39 is 45.8 Å². The van der Waals surface area contributed by atoms with Crippen molar-refractivity contribution in [3.05, 3.63) is 41.0 Å². The normalized spacial score (nSPS) is 24.6. The van der Waals surface area contributed by atoms with Crippen LogP contribution < -0.4 is 15.4 Å². The molecule has 0 amide bonds. The monoisotopic (exact) mass is 682 g/mol. The number of morpholine rings is 1. The van der Waals surface area contributed by atoms with Crippen molar-refractivity contribution in [1.82, 2.24) is 14.9 Å². The third-order valence-electron chi connectivity index (χ3n) is 9.34. The molecule has 4 atom stereocenters. The molecule has 246 valence electrons. The second-order valence-corrected chi connectivity index (χ2v) is 13.7. The quantitative estimate of drug-likeness (QED) is 0.224. The molecule has 6 heterocycles. The summed E-state index contributed by atoms with van der Waals surface area (Å²) in [6.07, 6.45) is -3.73. The number of alkyl halides is 4. The van der Waals surface area contributed by atoms with Crippen LogP contribution in [0.4, 0.5) is 37.2 Å². The van der Waals surface area contributed by atoms with Gasteiger partial charge in [-0.1, -0.05) is 11.3 Å².